The number of aromatic carboxylic acids is 1. The third kappa shape index (κ3) is 8.55. The highest BCUT2D eigenvalue weighted by atomic mass is 32.2. The fourth-order valence-electron chi connectivity index (χ4n) is 4.78. The number of aromatic nitrogens is 1. The number of nitrogens with zero attached hydrogens (tertiary/aromatic N) is 3. The largest absolute Gasteiger partial charge is 0.490 e. The lowest BCUT2D eigenvalue weighted by Crippen LogP contribution is -2.41. The molecule has 0 aliphatic carbocycles. The molecule has 0 spiro atoms. The standard InChI is InChI=1S/C24H32N4O4S.C2HF3O2/c1-2-18-7-9-21(10-8-18)33(31,32)26-20-14-22(24(29)30)23(25-15-20)28-13-5-6-19(17-28)16-27-11-3-4-12-27;3-2(4,5)1(6)7/h7-10,14-15,19,26H,2-6,11-13,16-17H2,1H3,(H,29,30);(H,6,7). The average Bonchev–Trinajstić information content (AvgIpc) is 3.41. The van der Waals surface area contributed by atoms with Crippen molar-refractivity contribution in [2.24, 2.45) is 5.92 Å². The van der Waals surface area contributed by atoms with E-state index in [-0.39, 0.29) is 16.1 Å². The van der Waals surface area contributed by atoms with E-state index >= 15 is 0 Å². The highest BCUT2D eigenvalue weighted by molar-refractivity contribution is 7.92. The number of alkyl halides is 3. The van der Waals surface area contributed by atoms with E-state index in [4.69, 9.17) is 9.90 Å². The van der Waals surface area contributed by atoms with Crippen molar-refractivity contribution in [3.63, 3.8) is 0 Å². The van der Waals surface area contributed by atoms with E-state index in [1.54, 1.807) is 24.3 Å². The molecule has 0 amide bonds. The van der Waals surface area contributed by atoms with E-state index in [9.17, 15) is 31.5 Å². The molecule has 1 unspecified atom stereocenters. The molecule has 0 bridgehead atoms. The molecule has 2 aliphatic rings. The first-order valence-electron chi connectivity index (χ1n) is 12.9. The van der Waals surface area contributed by atoms with Gasteiger partial charge in [0.05, 0.1) is 16.8 Å². The number of halogens is 3. The van der Waals surface area contributed by atoms with Gasteiger partial charge in [0, 0.05) is 19.6 Å². The molecule has 1 aromatic carbocycles. The zero-order valence-corrected chi connectivity index (χ0v) is 22.8. The Morgan fingerprint density at radius 2 is 1.70 bits per heavy atom. The molecule has 14 heteroatoms. The van der Waals surface area contributed by atoms with Crippen LogP contribution in [0, 0.1) is 5.92 Å². The van der Waals surface area contributed by atoms with Gasteiger partial charge in [-0.1, -0.05) is 19.1 Å². The summed E-state index contributed by atoms with van der Waals surface area (Å²) < 4.78 is 59.8. The average molecular weight is 587 g/mol. The molecular weight excluding hydrogens is 553 g/mol. The van der Waals surface area contributed by atoms with Gasteiger partial charge in [-0.3, -0.25) is 4.72 Å². The summed E-state index contributed by atoms with van der Waals surface area (Å²) in [6.07, 6.45) is 1.76. The van der Waals surface area contributed by atoms with Crippen LogP contribution in [-0.4, -0.2) is 79.4 Å². The molecule has 40 heavy (non-hydrogen) atoms. The highest BCUT2D eigenvalue weighted by Crippen LogP contribution is 2.28. The quantitative estimate of drug-likeness (QED) is 0.417. The van der Waals surface area contributed by atoms with Crippen LogP contribution in [0.5, 0.6) is 0 Å². The van der Waals surface area contributed by atoms with Crippen LogP contribution in [0.4, 0.5) is 24.7 Å². The fraction of sp³-hybridized carbons (Fsp3) is 0.500. The van der Waals surface area contributed by atoms with Crippen LogP contribution in [0.15, 0.2) is 41.4 Å². The number of anilines is 2. The van der Waals surface area contributed by atoms with Crippen molar-refractivity contribution in [2.75, 3.05) is 42.3 Å². The van der Waals surface area contributed by atoms with Crippen molar-refractivity contribution in [1.29, 1.82) is 0 Å². The first kappa shape index (κ1) is 31.1. The number of hydrogen-bond donors (Lipinski definition) is 3. The van der Waals surface area contributed by atoms with E-state index in [0.717, 1.165) is 57.5 Å². The summed E-state index contributed by atoms with van der Waals surface area (Å²) in [5.41, 5.74) is 1.19. The van der Waals surface area contributed by atoms with Gasteiger partial charge in [0.1, 0.15) is 11.4 Å². The lowest BCUT2D eigenvalue weighted by Gasteiger charge is -2.36. The Labute approximate surface area is 230 Å². The number of benzene rings is 1. The summed E-state index contributed by atoms with van der Waals surface area (Å²) in [4.78, 5) is 30.0. The molecule has 10 nitrogen and oxygen atoms in total. The van der Waals surface area contributed by atoms with Crippen LogP contribution >= 0.6 is 0 Å². The van der Waals surface area contributed by atoms with Gasteiger partial charge in [0.2, 0.25) is 0 Å². The van der Waals surface area contributed by atoms with Gasteiger partial charge in [-0.05, 0) is 74.9 Å². The van der Waals surface area contributed by atoms with Crippen molar-refractivity contribution in [3.8, 4) is 0 Å². The fourth-order valence-corrected chi connectivity index (χ4v) is 5.81. The number of carboxylic acids is 2. The molecule has 3 N–H and O–H groups in total. The van der Waals surface area contributed by atoms with Crippen LogP contribution in [0.3, 0.4) is 0 Å². The number of aliphatic carboxylic acids is 1. The van der Waals surface area contributed by atoms with Gasteiger partial charge in [-0.25, -0.2) is 23.0 Å². The number of carbonyl (C=O) groups is 2. The van der Waals surface area contributed by atoms with Gasteiger partial charge in [0.15, 0.2) is 0 Å². The van der Waals surface area contributed by atoms with Gasteiger partial charge in [-0.2, -0.15) is 13.2 Å². The third-order valence-electron chi connectivity index (χ3n) is 6.77. The van der Waals surface area contributed by atoms with Gasteiger partial charge in [0.25, 0.3) is 10.0 Å². The van der Waals surface area contributed by atoms with Crippen LogP contribution in [-0.2, 0) is 21.2 Å². The number of sulfonamides is 1. The first-order valence-corrected chi connectivity index (χ1v) is 14.4. The normalized spacial score (nSPS) is 18.1. The Morgan fingerprint density at radius 1 is 1.07 bits per heavy atom. The Kier molecular flexibility index (Phi) is 10.4. The smallest absolute Gasteiger partial charge is 0.478 e. The summed E-state index contributed by atoms with van der Waals surface area (Å²) in [5, 5.41) is 17.0. The van der Waals surface area contributed by atoms with Crippen LogP contribution in [0.2, 0.25) is 0 Å². The second-order valence-corrected chi connectivity index (χ2v) is 11.5. The zero-order chi connectivity index (χ0) is 29.5. The number of pyridine rings is 1. The molecule has 2 aliphatic heterocycles. The molecule has 0 radical (unpaired) electrons. The van der Waals surface area contributed by atoms with Crippen molar-refractivity contribution in [1.82, 2.24) is 9.88 Å². The molecule has 2 fully saturated rings. The maximum Gasteiger partial charge on any atom is 0.490 e. The van der Waals surface area contributed by atoms with Crippen molar-refractivity contribution in [2.45, 2.75) is 50.1 Å². The SMILES string of the molecule is CCc1ccc(S(=O)(=O)Nc2cnc(N3CCCC(CN4CCCC4)C3)c(C(=O)O)c2)cc1.O=C(O)C(F)(F)F. The molecule has 3 heterocycles. The molecule has 2 saturated heterocycles. The summed E-state index contributed by atoms with van der Waals surface area (Å²) in [7, 11) is -3.84. The van der Waals surface area contributed by atoms with Gasteiger partial charge >= 0.3 is 18.1 Å². The number of piperidine rings is 1. The maximum atomic E-state index is 12.8. The molecule has 4 rings (SSSR count). The van der Waals surface area contributed by atoms with E-state index in [2.05, 4.69) is 14.6 Å². The van der Waals surface area contributed by atoms with Crippen LogP contribution in [0.1, 0.15) is 48.5 Å². The summed E-state index contributed by atoms with van der Waals surface area (Å²) >= 11 is 0. The molecule has 2 aromatic rings. The van der Waals surface area contributed by atoms with Gasteiger partial charge in [-0.15, -0.1) is 0 Å². The summed E-state index contributed by atoms with van der Waals surface area (Å²) in [6.45, 7) is 6.83. The maximum absolute atomic E-state index is 12.8. The highest BCUT2D eigenvalue weighted by Gasteiger charge is 2.38. The van der Waals surface area contributed by atoms with E-state index < -0.39 is 28.1 Å². The Bertz CT molecular complexity index is 1280. The third-order valence-corrected chi connectivity index (χ3v) is 8.16. The second kappa shape index (κ2) is 13.3. The van der Waals surface area contributed by atoms with Crippen LogP contribution in [0.25, 0.3) is 0 Å². The van der Waals surface area contributed by atoms with Crippen LogP contribution < -0.4 is 9.62 Å². The number of hydrogen-bond acceptors (Lipinski definition) is 7. The lowest BCUT2D eigenvalue weighted by molar-refractivity contribution is -0.192. The topological polar surface area (TPSA) is 140 Å². The van der Waals surface area contributed by atoms with Crippen molar-refractivity contribution in [3.05, 3.63) is 47.7 Å². The zero-order valence-electron chi connectivity index (χ0n) is 22.0. The minimum absolute atomic E-state index is 0.0124. The summed E-state index contributed by atoms with van der Waals surface area (Å²) in [5.74, 6) is -2.99. The monoisotopic (exact) mass is 586 g/mol. The molecule has 220 valence electrons. The predicted octanol–water partition coefficient (Wildman–Crippen LogP) is 4.09. The van der Waals surface area contributed by atoms with E-state index in [1.165, 1.54) is 25.1 Å². The first-order chi connectivity index (χ1) is 18.8. The Hall–Kier alpha value is -3.39. The minimum atomic E-state index is -5.08. The Balaban J connectivity index is 0.000000559. The predicted molar refractivity (Wildman–Crippen MR) is 142 cm³/mol. The van der Waals surface area contributed by atoms with Crippen molar-refractivity contribution < 1.29 is 41.4 Å². The molecular formula is C26H33F3N4O6S. The van der Waals surface area contributed by atoms with E-state index in [0.29, 0.717) is 11.7 Å². The number of rotatable bonds is 8. The minimum Gasteiger partial charge on any atom is -0.478 e. The number of nitrogens with one attached hydrogen (secondary N) is 1. The second-order valence-electron chi connectivity index (χ2n) is 9.77. The number of carboxylic acid groups (broad SMARTS) is 2. The van der Waals surface area contributed by atoms with Crippen molar-refractivity contribution >= 4 is 33.5 Å². The van der Waals surface area contributed by atoms with E-state index in [1.807, 2.05) is 11.8 Å². The lowest BCUT2D eigenvalue weighted by atomic mass is 9.97. The molecule has 0 saturated carbocycles. The number of aryl methyl sites for hydroxylation is 1. The molecule has 1 aromatic heterocycles. The summed E-state index contributed by atoms with van der Waals surface area (Å²) in [6, 6.07) is 8.01. The Morgan fingerprint density at radius 3 is 2.25 bits per heavy atom. The molecule has 1 atom stereocenters. The van der Waals surface area contributed by atoms with Gasteiger partial charge < -0.3 is 20.0 Å². The number of likely N-dealkylation sites (tertiary alicyclic amines) is 1.